The number of nitriles is 1. The van der Waals surface area contributed by atoms with Crippen LogP contribution in [0.3, 0.4) is 0 Å². The zero-order valence-corrected chi connectivity index (χ0v) is 51.0. The lowest BCUT2D eigenvalue weighted by molar-refractivity contribution is -0.114. The van der Waals surface area contributed by atoms with E-state index in [4.69, 9.17) is 9.47 Å². The van der Waals surface area contributed by atoms with E-state index in [0.717, 1.165) is 36.3 Å². The van der Waals surface area contributed by atoms with Crippen LogP contribution in [0.15, 0.2) is 110 Å². The van der Waals surface area contributed by atoms with Gasteiger partial charge in [0.25, 0.3) is 60.7 Å². The van der Waals surface area contributed by atoms with Crippen molar-refractivity contribution in [2.75, 3.05) is 36.3 Å². The van der Waals surface area contributed by atoms with Gasteiger partial charge in [0.05, 0.1) is 51.7 Å². The summed E-state index contributed by atoms with van der Waals surface area (Å²) in [6.45, 7) is 3.64. The smallest absolute Gasteiger partial charge is 0.300 e. The molecular weight excluding hydrogens is 1320 g/mol. The van der Waals surface area contributed by atoms with Gasteiger partial charge < -0.3 is 19.9 Å². The van der Waals surface area contributed by atoms with Crippen LogP contribution in [0.1, 0.15) is 36.5 Å². The first-order valence-corrected chi connectivity index (χ1v) is 34.6. The van der Waals surface area contributed by atoms with E-state index >= 15 is 0 Å². The van der Waals surface area contributed by atoms with E-state index in [1.807, 2.05) is 6.07 Å². The number of azo groups is 3. The number of thioether (sulfide) groups is 1. The molecule has 8 N–H and O–H groups in total. The van der Waals surface area contributed by atoms with Crippen LogP contribution in [0.2, 0.25) is 0 Å². The van der Waals surface area contributed by atoms with Gasteiger partial charge >= 0.3 is 0 Å². The number of carbonyl (C=O) groups is 1. The summed E-state index contributed by atoms with van der Waals surface area (Å²) in [5, 5.41) is 48.6. The third kappa shape index (κ3) is 14.6. The van der Waals surface area contributed by atoms with Gasteiger partial charge in [0.2, 0.25) is 16.9 Å². The molecule has 0 aliphatic heterocycles. The number of aromatic nitrogens is 3. The van der Waals surface area contributed by atoms with Gasteiger partial charge in [-0.3, -0.25) is 36.5 Å². The van der Waals surface area contributed by atoms with Crippen LogP contribution in [-0.2, 0) is 65.5 Å². The number of benzene rings is 5. The number of aromatic hydroxyl groups is 1. The van der Waals surface area contributed by atoms with Crippen molar-refractivity contribution < 1.29 is 97.2 Å². The van der Waals surface area contributed by atoms with Gasteiger partial charge in [0.1, 0.15) is 61.0 Å². The molecule has 41 heteroatoms. The number of nitrogens with zero attached hydrogens (tertiary/aromatic N) is 10. The van der Waals surface area contributed by atoms with E-state index in [9.17, 15) is 93.0 Å². The van der Waals surface area contributed by atoms with Crippen molar-refractivity contribution in [1.29, 1.82) is 5.26 Å². The lowest BCUT2D eigenvalue weighted by atomic mass is 10.1. The molecule has 0 saturated carbocycles. The second-order valence-electron chi connectivity index (χ2n) is 18.2. The summed E-state index contributed by atoms with van der Waals surface area (Å²) in [5.41, 5.74) is -2.07. The molecule has 0 bridgehead atoms. The second kappa shape index (κ2) is 24.4. The Bertz CT molecular complexity index is 5110. The highest BCUT2D eigenvalue weighted by molar-refractivity contribution is 7.99. The molecule has 8 rings (SSSR count). The molecule has 0 spiro atoms. The van der Waals surface area contributed by atoms with E-state index in [2.05, 4.69) is 46.0 Å². The van der Waals surface area contributed by atoms with Crippen molar-refractivity contribution in [3.8, 4) is 23.4 Å². The van der Waals surface area contributed by atoms with Gasteiger partial charge in [-0.25, -0.2) is 9.97 Å². The van der Waals surface area contributed by atoms with Gasteiger partial charge in [-0.2, -0.15) is 60.9 Å². The summed E-state index contributed by atoms with van der Waals surface area (Å²) < 4.78 is 217. The number of pyridine rings is 1. The molecule has 3 heterocycles. The number of thiazole rings is 1. The summed E-state index contributed by atoms with van der Waals surface area (Å²) >= 11 is 1.40. The SMILES string of the molecule is COc1ccc2c(nc3c(C#N)c(C)c(N=Nc4cc(C)c(N=Nc5cc(NC(C)=O)c(N=Nc6nc7c(S(=O)(=O)O)cc8c(S(=O)(=O)O)cc(S(=O)(=O)O)cc8c7s6)cc5SCCCS(=O)(=O)O)cc4OCCCS(=O)(=O)O)c(O)n32)c1S(=O)(=O)O. The molecule has 1 amide bonds. The van der Waals surface area contributed by atoms with E-state index in [0.29, 0.717) is 23.5 Å². The van der Waals surface area contributed by atoms with E-state index in [-0.39, 0.29) is 114 Å². The summed E-state index contributed by atoms with van der Waals surface area (Å²) in [5.74, 6) is -3.30. The number of methoxy groups -OCH3 is 1. The highest BCUT2D eigenvalue weighted by atomic mass is 32.2. The summed E-state index contributed by atoms with van der Waals surface area (Å²) in [6, 6.07) is 11.3. The van der Waals surface area contributed by atoms with Gasteiger partial charge in [0.15, 0.2) is 16.2 Å². The predicted molar refractivity (Wildman–Crippen MR) is 309 cm³/mol. The predicted octanol–water partition coefficient (Wildman–Crippen LogP) is 8.67. The number of amides is 1. The van der Waals surface area contributed by atoms with Crippen LogP contribution in [0.5, 0.6) is 17.4 Å². The quantitative estimate of drug-likeness (QED) is 0.0136. The van der Waals surface area contributed by atoms with Crippen molar-refractivity contribution in [3.63, 3.8) is 0 Å². The van der Waals surface area contributed by atoms with Crippen molar-refractivity contribution in [2.45, 2.75) is 58.1 Å². The third-order valence-corrected chi connectivity index (χ3v) is 19.3. The number of imidazole rings is 1. The lowest BCUT2D eigenvalue weighted by Gasteiger charge is -2.13. The molecule has 0 saturated heterocycles. The van der Waals surface area contributed by atoms with Crippen LogP contribution >= 0.6 is 23.1 Å². The van der Waals surface area contributed by atoms with Gasteiger partial charge in [-0.15, -0.1) is 37.3 Å². The minimum absolute atomic E-state index is 0.00415. The Labute approximate surface area is 500 Å². The molecule has 8 aromatic rings. The van der Waals surface area contributed by atoms with Gasteiger partial charge in [0, 0.05) is 34.2 Å². The molecule has 0 fully saturated rings. The molecule has 33 nitrogen and oxygen atoms in total. The lowest BCUT2D eigenvalue weighted by Crippen LogP contribution is -2.08. The number of carbonyl (C=O) groups excluding carboxylic acids is 1. The zero-order valence-electron chi connectivity index (χ0n) is 44.4. The zero-order chi connectivity index (χ0) is 64.1. The maximum Gasteiger partial charge on any atom is 0.300 e. The van der Waals surface area contributed by atoms with Crippen molar-refractivity contribution in [2.24, 2.45) is 30.7 Å². The van der Waals surface area contributed by atoms with E-state index in [1.165, 1.54) is 50.2 Å². The number of hydrogen-bond donors (Lipinski definition) is 8. The maximum atomic E-state index is 12.7. The fourth-order valence-corrected chi connectivity index (χ4v) is 14.3. The fraction of sp³-hybridized carbons (Fsp3) is 0.217. The first-order valence-electron chi connectivity index (χ1n) is 23.9. The molecule has 0 aliphatic carbocycles. The molecular formula is C46H41N11O22S8. The molecule has 87 heavy (non-hydrogen) atoms. The van der Waals surface area contributed by atoms with Crippen LogP contribution < -0.4 is 14.8 Å². The summed E-state index contributed by atoms with van der Waals surface area (Å²) in [6.07, 6.45) is -0.407. The van der Waals surface area contributed by atoms with Gasteiger partial charge in [-0.1, -0.05) is 11.3 Å². The van der Waals surface area contributed by atoms with Crippen LogP contribution in [0.25, 0.3) is 37.7 Å². The fourth-order valence-electron chi connectivity index (χ4n) is 8.35. The van der Waals surface area contributed by atoms with Crippen molar-refractivity contribution in [3.05, 3.63) is 71.3 Å². The molecule has 0 radical (unpaired) electrons. The standard InChI is InChI=1S/C46H41N11O22S8/c1-21-13-31(53-55-39-22(2)27(20-47)44-49-40-33(57(44)45(39)59)7-8-34(78-4)43(40)87(75,76)77)35(79-9-5-11-82(60,61)62)18-28(21)51-54-32-17-29(48-23(3)58)30(19-36(32)80-10-6-12-83(63,64)65)52-56-46-50-41-38(86(72,73)74)16-25-26(42(41)81-46)14-24(84(66,67)68)15-37(25)85(69,70)71/h7-8,13-19,59H,5-6,9-12H2,1-4H3,(H,48,58)(H,60,61,62)(H,63,64,65)(H,66,67,68)(H,69,70,71)(H,72,73,74)(H,75,76,77). The largest absolute Gasteiger partial charge is 0.495 e. The molecule has 0 aliphatic rings. The minimum atomic E-state index is -5.36. The Morgan fingerprint density at radius 3 is 1.95 bits per heavy atom. The summed E-state index contributed by atoms with van der Waals surface area (Å²) in [4.78, 5) is 17.2. The average molecular weight is 1360 g/mol. The first-order chi connectivity index (χ1) is 40.4. The Hall–Kier alpha value is -7.83. The first kappa shape index (κ1) is 65.2. The number of aryl methyl sites for hydroxylation is 1. The number of ether oxygens (including phenoxy) is 2. The Balaban J connectivity index is 1.24. The Morgan fingerprint density at radius 2 is 1.34 bits per heavy atom. The minimum Gasteiger partial charge on any atom is -0.495 e. The van der Waals surface area contributed by atoms with E-state index < -0.39 is 125 Å². The van der Waals surface area contributed by atoms with Gasteiger partial charge in [-0.05, 0) is 86.5 Å². The second-order valence-corrected chi connectivity index (χ2v) is 29.0. The highest BCUT2D eigenvalue weighted by Gasteiger charge is 2.30. The van der Waals surface area contributed by atoms with Crippen LogP contribution in [0.4, 0.5) is 39.3 Å². The Kier molecular flexibility index (Phi) is 18.3. The van der Waals surface area contributed by atoms with Crippen molar-refractivity contribution in [1.82, 2.24) is 14.4 Å². The molecule has 5 aromatic carbocycles. The van der Waals surface area contributed by atoms with E-state index in [1.54, 1.807) is 0 Å². The molecule has 0 atom stereocenters. The monoisotopic (exact) mass is 1360 g/mol. The van der Waals surface area contributed by atoms with Crippen LogP contribution in [0, 0.1) is 25.2 Å². The maximum absolute atomic E-state index is 12.7. The summed E-state index contributed by atoms with van der Waals surface area (Å²) in [7, 11) is -28.6. The number of rotatable bonds is 22. The third-order valence-electron chi connectivity index (χ3n) is 12.1. The van der Waals surface area contributed by atoms with Crippen molar-refractivity contribution >= 4 is 167 Å². The Morgan fingerprint density at radius 1 is 0.701 bits per heavy atom. The average Bonchev–Trinajstić information content (AvgIpc) is 1.92. The van der Waals surface area contributed by atoms with Crippen LogP contribution in [-0.4, -0.2) is 134 Å². The number of hydrogen-bond acceptors (Lipinski definition) is 27. The number of fused-ring (bicyclic) bond motifs is 6. The molecule has 460 valence electrons. The topological polar surface area (TPSA) is 522 Å². The number of anilines is 1. The molecule has 0 unspecified atom stereocenters. The highest BCUT2D eigenvalue weighted by Crippen LogP contribution is 2.46. The normalized spacial score (nSPS) is 13.1. The molecule has 3 aromatic heterocycles. The number of nitrogens with one attached hydrogen (secondary N) is 1.